The van der Waals surface area contributed by atoms with Gasteiger partial charge >= 0.3 is 7.80 Å². The van der Waals surface area contributed by atoms with Gasteiger partial charge < -0.3 is 5.32 Å². The van der Waals surface area contributed by atoms with Gasteiger partial charge in [-0.05, 0) is 53.4 Å². The zero-order valence-corrected chi connectivity index (χ0v) is 21.2. The smallest absolute Gasteiger partial charge is 0.368 e. The van der Waals surface area contributed by atoms with Crippen LogP contribution in [0.2, 0.25) is 0 Å². The quantitative estimate of drug-likeness (QED) is 0.224. The summed E-state index contributed by atoms with van der Waals surface area (Å²) in [6, 6.07) is 47.4. The standard InChI is InChI=1S/C33H29NOP/c1-26-15-11-12-22-30(26)31-23-13-14-24-32(31)36(35)25-33(27-16-5-2-6-17-27,28-18-7-3-8-19-28)34-29-20-9-4-10-21-29/h2-24,34H,25H2,1H3/q+1. The normalized spacial score (nSPS) is 11.6. The molecule has 3 heteroatoms. The molecule has 1 unspecified atom stereocenters. The molecule has 5 aromatic rings. The van der Waals surface area contributed by atoms with Crippen molar-refractivity contribution in [3.63, 3.8) is 0 Å². The van der Waals surface area contributed by atoms with E-state index in [4.69, 9.17) is 0 Å². The number of hydrogen-bond acceptors (Lipinski definition) is 2. The molecule has 0 aliphatic rings. The molecule has 1 N–H and O–H groups in total. The Kier molecular flexibility index (Phi) is 7.07. The molecule has 0 aliphatic heterocycles. The Labute approximate surface area is 214 Å². The van der Waals surface area contributed by atoms with E-state index in [-0.39, 0.29) is 0 Å². The largest absolute Gasteiger partial charge is 0.380 e. The Hall–Kier alpha value is -4.00. The van der Waals surface area contributed by atoms with Gasteiger partial charge in [-0.15, -0.1) is 0 Å². The summed E-state index contributed by atoms with van der Waals surface area (Å²) in [7, 11) is -1.78. The minimum atomic E-state index is -1.78. The second-order valence-corrected chi connectivity index (χ2v) is 10.6. The van der Waals surface area contributed by atoms with E-state index in [1.807, 2.05) is 84.9 Å². The molecule has 0 aromatic heterocycles. The fraction of sp³-hybridized carbons (Fsp3) is 0.0909. The monoisotopic (exact) mass is 486 g/mol. The number of aryl methyl sites for hydroxylation is 1. The summed E-state index contributed by atoms with van der Waals surface area (Å²) in [5, 5.41) is 4.69. The summed E-state index contributed by atoms with van der Waals surface area (Å²) in [6.45, 7) is 2.11. The molecule has 0 bridgehead atoms. The molecule has 0 amide bonds. The van der Waals surface area contributed by atoms with Gasteiger partial charge in [-0.3, -0.25) is 0 Å². The maximum atomic E-state index is 14.4. The third kappa shape index (κ3) is 4.87. The molecular formula is C33H29NOP+. The molecule has 0 saturated carbocycles. The Balaban J connectivity index is 1.66. The number of para-hydroxylation sites is 1. The fourth-order valence-electron chi connectivity index (χ4n) is 4.84. The van der Waals surface area contributed by atoms with Crippen LogP contribution in [0.4, 0.5) is 5.69 Å². The summed E-state index contributed by atoms with van der Waals surface area (Å²) in [4.78, 5) is 0. The van der Waals surface area contributed by atoms with E-state index in [1.165, 1.54) is 5.56 Å². The predicted molar refractivity (Wildman–Crippen MR) is 152 cm³/mol. The molecule has 5 rings (SSSR count). The molecule has 0 saturated heterocycles. The van der Waals surface area contributed by atoms with Crippen LogP contribution >= 0.6 is 7.80 Å². The zero-order valence-electron chi connectivity index (χ0n) is 20.3. The summed E-state index contributed by atoms with van der Waals surface area (Å²) in [6.07, 6.45) is 0.411. The first-order valence-electron chi connectivity index (χ1n) is 12.2. The van der Waals surface area contributed by atoms with Crippen LogP contribution in [0.25, 0.3) is 11.1 Å². The lowest BCUT2D eigenvalue weighted by Gasteiger charge is -2.34. The van der Waals surface area contributed by atoms with E-state index in [9.17, 15) is 4.57 Å². The van der Waals surface area contributed by atoms with Crippen LogP contribution in [0.1, 0.15) is 16.7 Å². The van der Waals surface area contributed by atoms with Gasteiger partial charge in [-0.2, -0.15) is 0 Å². The lowest BCUT2D eigenvalue weighted by molar-refractivity contribution is 0.578. The van der Waals surface area contributed by atoms with Crippen molar-refractivity contribution in [2.75, 3.05) is 11.5 Å². The topological polar surface area (TPSA) is 29.1 Å². The molecule has 0 fully saturated rings. The second-order valence-electron chi connectivity index (χ2n) is 9.00. The van der Waals surface area contributed by atoms with Crippen molar-refractivity contribution >= 4 is 18.8 Å². The molecule has 0 spiro atoms. The summed E-state index contributed by atoms with van der Waals surface area (Å²) in [5.41, 5.74) is 5.79. The van der Waals surface area contributed by atoms with Crippen LogP contribution in [-0.4, -0.2) is 6.16 Å². The van der Waals surface area contributed by atoms with Crippen LogP contribution in [0.15, 0.2) is 140 Å². The maximum Gasteiger partial charge on any atom is 0.380 e. The summed E-state index contributed by atoms with van der Waals surface area (Å²) in [5.74, 6) is 0. The van der Waals surface area contributed by atoms with E-state index in [0.29, 0.717) is 6.16 Å². The molecular weight excluding hydrogens is 457 g/mol. The van der Waals surface area contributed by atoms with Gasteiger partial charge in [-0.1, -0.05) is 120 Å². The highest BCUT2D eigenvalue weighted by molar-refractivity contribution is 7.54. The van der Waals surface area contributed by atoms with E-state index >= 15 is 0 Å². The fourth-order valence-corrected chi connectivity index (χ4v) is 6.60. The van der Waals surface area contributed by atoms with Crippen molar-refractivity contribution in [1.29, 1.82) is 0 Å². The van der Waals surface area contributed by atoms with E-state index < -0.39 is 13.3 Å². The molecule has 1 atom stereocenters. The van der Waals surface area contributed by atoms with Gasteiger partial charge in [0.05, 0.1) is 0 Å². The molecule has 0 aliphatic carbocycles. The highest BCUT2D eigenvalue weighted by Crippen LogP contribution is 2.42. The number of nitrogens with one attached hydrogen (secondary N) is 1. The number of rotatable bonds is 8. The highest BCUT2D eigenvalue weighted by Gasteiger charge is 2.43. The number of benzene rings is 5. The zero-order chi connectivity index (χ0) is 24.8. The third-order valence-electron chi connectivity index (χ3n) is 6.65. The predicted octanol–water partition coefficient (Wildman–Crippen LogP) is 8.17. The van der Waals surface area contributed by atoms with E-state index in [1.54, 1.807) is 0 Å². The van der Waals surface area contributed by atoms with Crippen molar-refractivity contribution in [2.45, 2.75) is 12.5 Å². The first kappa shape index (κ1) is 23.7. The Morgan fingerprint density at radius 2 is 1.06 bits per heavy atom. The number of anilines is 1. The van der Waals surface area contributed by atoms with Crippen LogP contribution in [0, 0.1) is 6.92 Å². The number of hydrogen-bond donors (Lipinski definition) is 1. The molecule has 176 valence electrons. The molecule has 0 radical (unpaired) electrons. The van der Waals surface area contributed by atoms with Crippen molar-refractivity contribution in [2.24, 2.45) is 0 Å². The van der Waals surface area contributed by atoms with Crippen LogP contribution in [-0.2, 0) is 10.1 Å². The van der Waals surface area contributed by atoms with Gasteiger partial charge in [0.25, 0.3) is 0 Å². The van der Waals surface area contributed by atoms with Crippen molar-refractivity contribution < 1.29 is 4.57 Å². The van der Waals surface area contributed by atoms with Gasteiger partial charge in [-0.25, -0.2) is 0 Å². The van der Waals surface area contributed by atoms with Gasteiger partial charge in [0, 0.05) is 11.3 Å². The molecule has 36 heavy (non-hydrogen) atoms. The molecule has 2 nitrogen and oxygen atoms in total. The summed E-state index contributed by atoms with van der Waals surface area (Å²) < 4.78 is 14.4. The van der Waals surface area contributed by atoms with E-state index in [0.717, 1.165) is 33.2 Å². The first-order chi connectivity index (χ1) is 17.7. The average Bonchev–Trinajstić information content (AvgIpc) is 2.94. The van der Waals surface area contributed by atoms with Crippen molar-refractivity contribution in [3.8, 4) is 11.1 Å². The first-order valence-corrected chi connectivity index (χ1v) is 13.7. The maximum absolute atomic E-state index is 14.4. The lowest BCUT2D eigenvalue weighted by atomic mass is 9.84. The van der Waals surface area contributed by atoms with Gasteiger partial charge in [0.15, 0.2) is 11.5 Å². The highest BCUT2D eigenvalue weighted by atomic mass is 31.1. The van der Waals surface area contributed by atoms with Gasteiger partial charge in [0.2, 0.25) is 0 Å². The van der Waals surface area contributed by atoms with Crippen molar-refractivity contribution in [1.82, 2.24) is 0 Å². The Bertz CT molecular complexity index is 1410. The van der Waals surface area contributed by atoms with Gasteiger partial charge in [0.1, 0.15) is 5.54 Å². The van der Waals surface area contributed by atoms with Crippen LogP contribution < -0.4 is 10.6 Å². The summed E-state index contributed by atoms with van der Waals surface area (Å²) >= 11 is 0. The Morgan fingerprint density at radius 1 is 0.583 bits per heavy atom. The average molecular weight is 487 g/mol. The third-order valence-corrected chi connectivity index (χ3v) is 8.34. The minimum absolute atomic E-state index is 0.411. The Morgan fingerprint density at radius 3 is 1.64 bits per heavy atom. The SMILES string of the molecule is Cc1ccccc1-c1ccccc1[P+](=O)CC(Nc1ccccc1)(c1ccccc1)c1ccccc1. The van der Waals surface area contributed by atoms with E-state index in [2.05, 4.69) is 66.8 Å². The minimum Gasteiger partial charge on any atom is -0.368 e. The van der Waals surface area contributed by atoms with Crippen molar-refractivity contribution in [3.05, 3.63) is 156 Å². The second kappa shape index (κ2) is 10.7. The lowest BCUT2D eigenvalue weighted by Crippen LogP contribution is -2.40. The molecule has 0 heterocycles. The van der Waals surface area contributed by atoms with Crippen LogP contribution in [0.3, 0.4) is 0 Å². The molecule has 5 aromatic carbocycles. The van der Waals surface area contributed by atoms with Crippen LogP contribution in [0.5, 0.6) is 0 Å².